The SMILES string of the molecule is Cc1cc(C)n(-c2ccc(CNC(=O)c3ccnc(Cl)c3)c(C(F)(F)F)c2)n1. The number of halogens is 4. The van der Waals surface area contributed by atoms with E-state index < -0.39 is 17.6 Å². The van der Waals surface area contributed by atoms with E-state index in [-0.39, 0.29) is 22.8 Å². The number of hydrogen-bond donors (Lipinski definition) is 1. The molecule has 2 heterocycles. The monoisotopic (exact) mass is 408 g/mol. The van der Waals surface area contributed by atoms with Crippen LogP contribution in [0.4, 0.5) is 13.2 Å². The minimum atomic E-state index is -4.58. The smallest absolute Gasteiger partial charge is 0.348 e. The lowest BCUT2D eigenvalue weighted by Crippen LogP contribution is -2.24. The number of benzene rings is 1. The fraction of sp³-hybridized carbons (Fsp3) is 0.211. The average molecular weight is 409 g/mol. The van der Waals surface area contributed by atoms with E-state index in [1.807, 2.05) is 0 Å². The zero-order valence-electron chi connectivity index (χ0n) is 15.0. The molecule has 1 amide bonds. The molecule has 0 atom stereocenters. The van der Waals surface area contributed by atoms with Gasteiger partial charge in [0.05, 0.1) is 16.9 Å². The molecule has 28 heavy (non-hydrogen) atoms. The number of carbonyl (C=O) groups is 1. The minimum Gasteiger partial charge on any atom is -0.348 e. The fourth-order valence-corrected chi connectivity index (χ4v) is 3.00. The summed E-state index contributed by atoms with van der Waals surface area (Å²) in [7, 11) is 0. The van der Waals surface area contributed by atoms with Gasteiger partial charge in [0.2, 0.25) is 0 Å². The molecule has 2 aromatic heterocycles. The molecule has 0 saturated heterocycles. The number of alkyl halides is 3. The highest BCUT2D eigenvalue weighted by Crippen LogP contribution is 2.33. The van der Waals surface area contributed by atoms with Crippen molar-refractivity contribution in [3.63, 3.8) is 0 Å². The van der Waals surface area contributed by atoms with Crippen molar-refractivity contribution in [2.75, 3.05) is 0 Å². The van der Waals surface area contributed by atoms with Crippen LogP contribution in [0.2, 0.25) is 5.15 Å². The van der Waals surface area contributed by atoms with Gasteiger partial charge in [-0.15, -0.1) is 0 Å². The minimum absolute atomic E-state index is 0.0497. The van der Waals surface area contributed by atoms with E-state index in [0.717, 1.165) is 11.8 Å². The summed E-state index contributed by atoms with van der Waals surface area (Å²) in [6.07, 6.45) is -3.23. The molecule has 146 valence electrons. The zero-order chi connectivity index (χ0) is 20.5. The van der Waals surface area contributed by atoms with Crippen molar-refractivity contribution in [3.05, 3.63) is 75.8 Å². The maximum absolute atomic E-state index is 13.6. The number of pyridine rings is 1. The molecule has 0 unspecified atom stereocenters. The molecule has 0 bridgehead atoms. The molecule has 3 rings (SSSR count). The number of aryl methyl sites for hydroxylation is 2. The second-order valence-electron chi connectivity index (χ2n) is 6.23. The number of nitrogens with one attached hydrogen (secondary N) is 1. The van der Waals surface area contributed by atoms with E-state index in [2.05, 4.69) is 15.4 Å². The van der Waals surface area contributed by atoms with Crippen LogP contribution in [0.25, 0.3) is 5.69 Å². The number of amides is 1. The Morgan fingerprint density at radius 1 is 1.18 bits per heavy atom. The first-order valence-electron chi connectivity index (χ1n) is 8.28. The third kappa shape index (κ3) is 4.33. The van der Waals surface area contributed by atoms with Gasteiger partial charge in [0.15, 0.2) is 0 Å². The standard InChI is InChI=1S/C19H16ClF3N4O/c1-11-7-12(2)27(26-11)15-4-3-14(16(9-15)19(21,22)23)10-25-18(28)13-5-6-24-17(20)8-13/h3-9H,10H2,1-2H3,(H,25,28). The molecule has 0 radical (unpaired) electrons. The van der Waals surface area contributed by atoms with Gasteiger partial charge in [-0.25, -0.2) is 9.67 Å². The molecule has 0 spiro atoms. The third-order valence-corrected chi connectivity index (χ3v) is 4.29. The summed E-state index contributed by atoms with van der Waals surface area (Å²) in [4.78, 5) is 15.9. The Balaban J connectivity index is 1.88. The summed E-state index contributed by atoms with van der Waals surface area (Å²) in [5, 5.41) is 6.82. The van der Waals surface area contributed by atoms with Crippen LogP contribution in [0.1, 0.15) is 32.9 Å². The molecule has 5 nitrogen and oxygen atoms in total. The van der Waals surface area contributed by atoms with E-state index >= 15 is 0 Å². The predicted molar refractivity (Wildman–Crippen MR) is 98.5 cm³/mol. The third-order valence-electron chi connectivity index (χ3n) is 4.08. The van der Waals surface area contributed by atoms with Gasteiger partial charge in [0.1, 0.15) is 5.15 Å². The van der Waals surface area contributed by atoms with Crippen LogP contribution >= 0.6 is 11.6 Å². The Labute approximate surface area is 164 Å². The highest BCUT2D eigenvalue weighted by molar-refractivity contribution is 6.29. The molecule has 0 aliphatic carbocycles. The summed E-state index contributed by atoms with van der Waals surface area (Å²) in [6, 6.07) is 8.46. The highest BCUT2D eigenvalue weighted by Gasteiger charge is 2.34. The Kier molecular flexibility index (Phi) is 5.42. The number of hydrogen-bond acceptors (Lipinski definition) is 3. The Hall–Kier alpha value is -2.87. The molecular weight excluding hydrogens is 393 g/mol. The van der Waals surface area contributed by atoms with Gasteiger partial charge in [-0.2, -0.15) is 18.3 Å². The van der Waals surface area contributed by atoms with Gasteiger partial charge in [0, 0.05) is 24.0 Å². The number of rotatable bonds is 4. The second-order valence-corrected chi connectivity index (χ2v) is 6.62. The first-order valence-corrected chi connectivity index (χ1v) is 8.66. The molecule has 9 heteroatoms. The first kappa shape index (κ1) is 19.9. The van der Waals surface area contributed by atoms with Crippen molar-refractivity contribution < 1.29 is 18.0 Å². The van der Waals surface area contributed by atoms with Crippen molar-refractivity contribution in [3.8, 4) is 5.69 Å². The lowest BCUT2D eigenvalue weighted by Gasteiger charge is -2.16. The normalized spacial score (nSPS) is 11.5. The van der Waals surface area contributed by atoms with E-state index in [9.17, 15) is 18.0 Å². The fourth-order valence-electron chi connectivity index (χ4n) is 2.83. The number of aromatic nitrogens is 3. The maximum atomic E-state index is 13.6. The summed E-state index contributed by atoms with van der Waals surface area (Å²) >= 11 is 5.73. The van der Waals surface area contributed by atoms with Crippen molar-refractivity contribution in [2.45, 2.75) is 26.6 Å². The number of carbonyl (C=O) groups excluding carboxylic acids is 1. The molecule has 0 aliphatic heterocycles. The van der Waals surface area contributed by atoms with Crippen LogP contribution in [0.5, 0.6) is 0 Å². The molecule has 0 fully saturated rings. The van der Waals surface area contributed by atoms with Crippen LogP contribution in [0.15, 0.2) is 42.6 Å². The van der Waals surface area contributed by atoms with Gasteiger partial charge in [0.25, 0.3) is 5.91 Å². The van der Waals surface area contributed by atoms with Gasteiger partial charge in [-0.05, 0) is 49.7 Å². The van der Waals surface area contributed by atoms with Crippen LogP contribution in [0, 0.1) is 13.8 Å². The van der Waals surface area contributed by atoms with Crippen molar-refractivity contribution in [1.82, 2.24) is 20.1 Å². The van der Waals surface area contributed by atoms with Crippen LogP contribution < -0.4 is 5.32 Å². The van der Waals surface area contributed by atoms with Gasteiger partial charge in [-0.1, -0.05) is 17.7 Å². The van der Waals surface area contributed by atoms with Crippen molar-refractivity contribution in [2.24, 2.45) is 0 Å². The summed E-state index contributed by atoms with van der Waals surface area (Å²) in [5.74, 6) is -0.542. The largest absolute Gasteiger partial charge is 0.416 e. The number of nitrogens with zero attached hydrogens (tertiary/aromatic N) is 3. The maximum Gasteiger partial charge on any atom is 0.416 e. The van der Waals surface area contributed by atoms with Crippen LogP contribution in [-0.4, -0.2) is 20.7 Å². The van der Waals surface area contributed by atoms with E-state index in [1.54, 1.807) is 26.0 Å². The first-order chi connectivity index (χ1) is 13.1. The van der Waals surface area contributed by atoms with Gasteiger partial charge < -0.3 is 5.32 Å². The predicted octanol–water partition coefficient (Wildman–Crippen LogP) is 4.49. The van der Waals surface area contributed by atoms with E-state index in [4.69, 9.17) is 11.6 Å². The molecular formula is C19H16ClF3N4O. The Bertz CT molecular complexity index is 1030. The summed E-state index contributed by atoms with van der Waals surface area (Å²) in [6.45, 7) is 3.25. The average Bonchev–Trinajstić information content (AvgIpc) is 2.97. The van der Waals surface area contributed by atoms with Crippen molar-refractivity contribution >= 4 is 17.5 Å². The zero-order valence-corrected chi connectivity index (χ0v) is 15.8. The Morgan fingerprint density at radius 2 is 1.93 bits per heavy atom. The summed E-state index contributed by atoms with van der Waals surface area (Å²) in [5.41, 5.74) is 1.07. The molecule has 3 aromatic rings. The molecule has 0 aliphatic rings. The molecule has 0 saturated carbocycles. The molecule has 1 N–H and O–H groups in total. The van der Waals surface area contributed by atoms with Crippen LogP contribution in [0.3, 0.4) is 0 Å². The second kappa shape index (κ2) is 7.63. The quantitative estimate of drug-likeness (QED) is 0.647. The van der Waals surface area contributed by atoms with E-state index in [1.165, 1.54) is 29.1 Å². The molecule has 1 aromatic carbocycles. The lowest BCUT2D eigenvalue weighted by atomic mass is 10.1. The topological polar surface area (TPSA) is 59.8 Å². The van der Waals surface area contributed by atoms with E-state index in [0.29, 0.717) is 11.4 Å². The van der Waals surface area contributed by atoms with Crippen molar-refractivity contribution in [1.29, 1.82) is 0 Å². The highest BCUT2D eigenvalue weighted by atomic mass is 35.5. The summed E-state index contributed by atoms with van der Waals surface area (Å²) < 4.78 is 42.2. The van der Waals surface area contributed by atoms with Crippen LogP contribution in [-0.2, 0) is 12.7 Å². The Morgan fingerprint density at radius 3 is 2.54 bits per heavy atom. The van der Waals surface area contributed by atoms with Gasteiger partial charge >= 0.3 is 6.18 Å². The van der Waals surface area contributed by atoms with Gasteiger partial charge in [-0.3, -0.25) is 4.79 Å². The lowest BCUT2D eigenvalue weighted by molar-refractivity contribution is -0.138.